The van der Waals surface area contributed by atoms with Crippen molar-refractivity contribution in [3.8, 4) is 0 Å². The molecule has 14 nitrogen and oxygen atoms in total. The van der Waals surface area contributed by atoms with Crippen LogP contribution in [0.25, 0.3) is 0 Å². The van der Waals surface area contributed by atoms with Crippen molar-refractivity contribution in [2.24, 2.45) is 0 Å². The monoisotopic (exact) mass is 948 g/mol. The zero-order valence-electron chi connectivity index (χ0n) is 43.0. The van der Waals surface area contributed by atoms with E-state index < -0.39 is 0 Å². The summed E-state index contributed by atoms with van der Waals surface area (Å²) in [4.78, 5) is 14.5. The van der Waals surface area contributed by atoms with Crippen molar-refractivity contribution in [1.29, 1.82) is 0 Å². The minimum absolute atomic E-state index is 0.157. The molecule has 0 spiro atoms. The van der Waals surface area contributed by atoms with Crippen LogP contribution in [0, 0.1) is 0 Å². The lowest BCUT2D eigenvalue weighted by molar-refractivity contribution is -0.913. The number of nitrogens with zero attached hydrogens (tertiary/aromatic N) is 2. The van der Waals surface area contributed by atoms with E-state index in [1.807, 2.05) is 0 Å². The van der Waals surface area contributed by atoms with Crippen molar-refractivity contribution in [1.82, 2.24) is 4.90 Å². The number of carbonyl (C=O) groups is 1. The van der Waals surface area contributed by atoms with Gasteiger partial charge in [-0.1, -0.05) is 96.6 Å². The number of allylic oxidation sites excluding steroid dienone is 2. The molecule has 0 bridgehead atoms. The Hall–Kier alpha value is -1.27. The molecular formula is C52H103N2O12+. The summed E-state index contributed by atoms with van der Waals surface area (Å²) in [6.45, 7) is 21.8. The molecule has 0 amide bonds. The average molecular weight is 948 g/mol. The molecule has 0 aromatic heterocycles. The molecule has 0 radical (unpaired) electrons. The van der Waals surface area contributed by atoms with Gasteiger partial charge in [-0.25, -0.2) is 0 Å². The second kappa shape index (κ2) is 51.6. The van der Waals surface area contributed by atoms with Gasteiger partial charge in [0.15, 0.2) is 0 Å². The summed E-state index contributed by atoms with van der Waals surface area (Å²) in [5.74, 6) is -0.157. The maximum absolute atomic E-state index is 12.1. The number of hydrogen-bond donors (Lipinski definition) is 0. The van der Waals surface area contributed by atoms with Crippen LogP contribution in [0.15, 0.2) is 12.2 Å². The summed E-state index contributed by atoms with van der Waals surface area (Å²) < 4.78 is 62.1. The number of esters is 1. The van der Waals surface area contributed by atoms with E-state index in [0.29, 0.717) is 132 Å². The number of carbonyl (C=O) groups excluding carboxylic acids is 1. The largest absolute Gasteiger partial charge is 0.463 e. The molecule has 0 atom stereocenters. The van der Waals surface area contributed by atoms with E-state index >= 15 is 0 Å². The molecule has 1 fully saturated rings. The Bertz CT molecular complexity index is 1000. The summed E-state index contributed by atoms with van der Waals surface area (Å²) >= 11 is 0. The van der Waals surface area contributed by atoms with E-state index in [0.717, 1.165) is 50.2 Å². The minimum Gasteiger partial charge on any atom is -0.463 e. The highest BCUT2D eigenvalue weighted by Gasteiger charge is 2.28. The fraction of sp³-hybridized carbons (Fsp3) is 0.942. The molecule has 1 heterocycles. The molecular weight excluding hydrogens is 845 g/mol. The predicted molar refractivity (Wildman–Crippen MR) is 265 cm³/mol. The number of hydrogen-bond acceptors (Lipinski definition) is 13. The number of unbranched alkanes of at least 4 members (excludes halogenated alkanes) is 15. The maximum atomic E-state index is 12.1. The molecule has 0 unspecified atom stereocenters. The zero-order valence-corrected chi connectivity index (χ0v) is 43.0. The smallest absolute Gasteiger partial charge is 0.307 e. The van der Waals surface area contributed by atoms with Crippen LogP contribution in [-0.4, -0.2) is 200 Å². The molecule has 0 aromatic rings. The second-order valence-corrected chi connectivity index (χ2v) is 17.7. The van der Waals surface area contributed by atoms with Crippen molar-refractivity contribution in [2.45, 2.75) is 136 Å². The molecule has 14 heteroatoms. The maximum Gasteiger partial charge on any atom is 0.307 e. The van der Waals surface area contributed by atoms with Gasteiger partial charge in [-0.05, 0) is 44.9 Å². The Labute approximate surface area is 404 Å². The van der Waals surface area contributed by atoms with Crippen LogP contribution in [0.4, 0.5) is 0 Å². The van der Waals surface area contributed by atoms with Gasteiger partial charge in [0, 0.05) is 26.2 Å². The lowest BCUT2D eigenvalue weighted by Gasteiger charge is -2.42. The molecule has 66 heavy (non-hydrogen) atoms. The Morgan fingerprint density at radius 3 is 1.12 bits per heavy atom. The van der Waals surface area contributed by atoms with Crippen LogP contribution in [0.1, 0.15) is 136 Å². The van der Waals surface area contributed by atoms with Crippen LogP contribution in [0.2, 0.25) is 0 Å². The molecule has 0 N–H and O–H groups in total. The van der Waals surface area contributed by atoms with E-state index in [2.05, 4.69) is 37.9 Å². The molecule has 1 aliphatic rings. The Morgan fingerprint density at radius 1 is 0.409 bits per heavy atom. The highest BCUT2D eigenvalue weighted by Crippen LogP contribution is 2.14. The first kappa shape index (κ1) is 62.7. The topological polar surface area (TPSA) is 122 Å². The van der Waals surface area contributed by atoms with Crippen molar-refractivity contribution in [3.63, 3.8) is 0 Å². The summed E-state index contributed by atoms with van der Waals surface area (Å²) in [6, 6.07) is 0. The first-order valence-corrected chi connectivity index (χ1v) is 26.7. The predicted octanol–water partition coefficient (Wildman–Crippen LogP) is 8.47. The zero-order chi connectivity index (χ0) is 47.4. The van der Waals surface area contributed by atoms with Gasteiger partial charge in [0.2, 0.25) is 0 Å². The molecule has 1 rings (SSSR count). The number of quaternary nitrogens is 1. The number of piperazine rings is 1. The highest BCUT2D eigenvalue weighted by atomic mass is 16.6. The second-order valence-electron chi connectivity index (χ2n) is 17.7. The summed E-state index contributed by atoms with van der Waals surface area (Å²) in [5.41, 5.74) is 0. The Morgan fingerprint density at radius 2 is 0.727 bits per heavy atom. The van der Waals surface area contributed by atoms with Crippen molar-refractivity contribution >= 4 is 5.97 Å². The van der Waals surface area contributed by atoms with Gasteiger partial charge in [-0.2, -0.15) is 0 Å². The van der Waals surface area contributed by atoms with Gasteiger partial charge >= 0.3 is 5.97 Å². The van der Waals surface area contributed by atoms with E-state index in [9.17, 15) is 4.79 Å². The van der Waals surface area contributed by atoms with E-state index in [1.165, 1.54) is 116 Å². The van der Waals surface area contributed by atoms with E-state index in [1.54, 1.807) is 0 Å². The van der Waals surface area contributed by atoms with Crippen molar-refractivity contribution < 1.29 is 61.4 Å². The van der Waals surface area contributed by atoms with Crippen LogP contribution >= 0.6 is 0 Å². The number of ether oxygens (including phenoxy) is 11. The van der Waals surface area contributed by atoms with Crippen molar-refractivity contribution in [3.05, 3.63) is 12.2 Å². The highest BCUT2D eigenvalue weighted by molar-refractivity contribution is 5.69. The fourth-order valence-corrected chi connectivity index (χ4v) is 7.43. The molecule has 1 saturated heterocycles. The summed E-state index contributed by atoms with van der Waals surface area (Å²) in [7, 11) is 2.38. The van der Waals surface area contributed by atoms with E-state index in [4.69, 9.17) is 52.1 Å². The molecule has 0 aliphatic carbocycles. The van der Waals surface area contributed by atoms with Crippen molar-refractivity contribution in [2.75, 3.05) is 185 Å². The Kier molecular flexibility index (Phi) is 49.0. The molecule has 0 saturated carbocycles. The average Bonchev–Trinajstić information content (AvgIpc) is 3.32. The standard InChI is InChI=1S/C52H103N2O12/c1-4-6-8-10-11-12-13-14-15-16-17-18-19-20-21-23-31-56-32-33-57-34-35-58-36-37-59-38-39-60-40-41-61-42-43-62-44-45-63-46-47-64-48-49-65-50-51-66-52(55)24-25-53-26-29-54(3,30-27-53)28-22-9-7-5-2/h14-15H,4-13,16-51H2,1-3H3/q+1/b15-14-. The summed E-state index contributed by atoms with van der Waals surface area (Å²) in [6.07, 6.45) is 29.0. The third kappa shape index (κ3) is 46.5. The van der Waals surface area contributed by atoms with Gasteiger partial charge in [0.25, 0.3) is 0 Å². The molecule has 1 aliphatic heterocycles. The van der Waals surface area contributed by atoms with Crippen LogP contribution in [0.3, 0.4) is 0 Å². The van der Waals surface area contributed by atoms with Crippen LogP contribution in [0.5, 0.6) is 0 Å². The van der Waals surface area contributed by atoms with E-state index in [-0.39, 0.29) is 12.6 Å². The Balaban J connectivity index is 1.65. The fourth-order valence-electron chi connectivity index (χ4n) is 7.43. The van der Waals surface area contributed by atoms with Gasteiger partial charge in [-0.15, -0.1) is 0 Å². The van der Waals surface area contributed by atoms with Gasteiger partial charge < -0.3 is 56.6 Å². The number of rotatable bonds is 54. The van der Waals surface area contributed by atoms with Gasteiger partial charge in [0.05, 0.1) is 159 Å². The number of likely N-dealkylation sites (N-methyl/N-ethyl adjacent to an activating group) is 1. The van der Waals surface area contributed by atoms with Crippen LogP contribution < -0.4 is 0 Å². The first-order valence-electron chi connectivity index (χ1n) is 26.7. The molecule has 0 aromatic carbocycles. The van der Waals surface area contributed by atoms with Crippen LogP contribution in [-0.2, 0) is 56.9 Å². The summed E-state index contributed by atoms with van der Waals surface area (Å²) in [5, 5.41) is 0. The third-order valence-corrected chi connectivity index (χ3v) is 11.7. The lowest BCUT2D eigenvalue weighted by atomic mass is 10.1. The first-order chi connectivity index (χ1) is 32.6. The molecule has 392 valence electrons. The quantitative estimate of drug-likeness (QED) is 0.0251. The minimum atomic E-state index is -0.157. The van der Waals surface area contributed by atoms with Gasteiger partial charge in [-0.3, -0.25) is 9.69 Å². The van der Waals surface area contributed by atoms with Gasteiger partial charge in [0.1, 0.15) is 6.61 Å². The third-order valence-electron chi connectivity index (χ3n) is 11.7. The lowest BCUT2D eigenvalue weighted by Crippen LogP contribution is -2.57. The normalized spacial score (nSPS) is 14.2. The SMILES string of the molecule is CCCCCCCC/C=C\CCCCCCCCOCCOCCOCCOCCOCCOCCOCCOCCOCCOCCOC(=O)CCN1CC[N+](C)(CCCCCC)CC1.